The molecule has 0 radical (unpaired) electrons. The minimum absolute atomic E-state index is 0.105. The van der Waals surface area contributed by atoms with Crippen LogP contribution in [0.15, 0.2) is 127 Å². The molecule has 0 saturated carbocycles. The maximum atomic E-state index is 13.5. The molecule has 0 atom stereocenters. The summed E-state index contributed by atoms with van der Waals surface area (Å²) in [6.07, 6.45) is 0. The van der Waals surface area contributed by atoms with Crippen molar-refractivity contribution in [2.24, 2.45) is 0 Å². The summed E-state index contributed by atoms with van der Waals surface area (Å²) in [5.41, 5.74) is 14.0. The molecule has 8 rings (SSSR count). The van der Waals surface area contributed by atoms with E-state index in [1.807, 2.05) is 24.3 Å². The van der Waals surface area contributed by atoms with Crippen molar-refractivity contribution in [1.29, 1.82) is 0 Å². The summed E-state index contributed by atoms with van der Waals surface area (Å²) >= 11 is 0. The van der Waals surface area contributed by atoms with Gasteiger partial charge in [-0.3, -0.25) is 4.79 Å². The first-order chi connectivity index (χ1) is 20.1. The first kappa shape index (κ1) is 23.7. The largest absolute Gasteiger partial charge is 0.309 e. The predicted octanol–water partition coefficient (Wildman–Crippen LogP) is 9.95. The highest BCUT2D eigenvalue weighted by Gasteiger charge is 2.29. The molecule has 2 nitrogen and oxygen atoms in total. The van der Waals surface area contributed by atoms with E-state index in [-0.39, 0.29) is 5.78 Å². The van der Waals surface area contributed by atoms with Crippen LogP contribution < -0.4 is 0 Å². The lowest BCUT2D eigenvalue weighted by atomic mass is 9.92. The zero-order chi connectivity index (χ0) is 27.7. The van der Waals surface area contributed by atoms with Gasteiger partial charge in [-0.2, -0.15) is 0 Å². The molecule has 6 aromatic carbocycles. The standard InChI is InChI=1S/C39H27NO/c1-24-17-19-36-33(21-24)34-22-25(2)18-20-37(34)40(36)35-16-6-5-11-28(35)26-9-7-10-27(23-26)29-14-8-15-31-30-12-3-4-13-32(30)39(41)38(29)31/h3-23H,1-2H3. The molecule has 194 valence electrons. The van der Waals surface area contributed by atoms with Crippen LogP contribution in [-0.4, -0.2) is 10.4 Å². The van der Waals surface area contributed by atoms with E-state index in [1.165, 1.54) is 32.9 Å². The van der Waals surface area contributed by atoms with E-state index in [0.717, 1.165) is 50.2 Å². The van der Waals surface area contributed by atoms with Gasteiger partial charge in [0, 0.05) is 27.5 Å². The highest BCUT2D eigenvalue weighted by molar-refractivity contribution is 6.24. The molecule has 1 aromatic heterocycles. The van der Waals surface area contributed by atoms with Gasteiger partial charge >= 0.3 is 0 Å². The summed E-state index contributed by atoms with van der Waals surface area (Å²) < 4.78 is 2.39. The van der Waals surface area contributed by atoms with Gasteiger partial charge in [0.15, 0.2) is 5.78 Å². The third kappa shape index (κ3) is 3.54. The number of carbonyl (C=O) groups is 1. The Labute approximate surface area is 239 Å². The molecule has 0 unspecified atom stereocenters. The third-order valence-corrected chi connectivity index (χ3v) is 8.46. The number of aryl methyl sites for hydroxylation is 2. The van der Waals surface area contributed by atoms with Crippen LogP contribution in [0.5, 0.6) is 0 Å². The van der Waals surface area contributed by atoms with Crippen molar-refractivity contribution in [2.75, 3.05) is 0 Å². The van der Waals surface area contributed by atoms with E-state index in [1.54, 1.807) is 0 Å². The Bertz CT molecular complexity index is 2140. The van der Waals surface area contributed by atoms with Gasteiger partial charge in [0.2, 0.25) is 0 Å². The van der Waals surface area contributed by atoms with Crippen molar-refractivity contribution in [3.63, 3.8) is 0 Å². The normalized spacial score (nSPS) is 12.2. The SMILES string of the molecule is Cc1ccc2c(c1)c1cc(C)ccc1n2-c1ccccc1-c1cccc(-c2cccc3c2C(=O)c2ccccc2-3)c1. The first-order valence-corrected chi connectivity index (χ1v) is 14.1. The fraction of sp³-hybridized carbons (Fsp3) is 0.0513. The van der Waals surface area contributed by atoms with Crippen LogP contribution in [-0.2, 0) is 0 Å². The van der Waals surface area contributed by atoms with Crippen LogP contribution in [0.4, 0.5) is 0 Å². The van der Waals surface area contributed by atoms with E-state index in [9.17, 15) is 4.79 Å². The van der Waals surface area contributed by atoms with E-state index in [2.05, 4.69) is 122 Å². The number of carbonyl (C=O) groups excluding carboxylic acids is 1. The Morgan fingerprint density at radius 3 is 1.71 bits per heavy atom. The quantitative estimate of drug-likeness (QED) is 0.225. The van der Waals surface area contributed by atoms with Crippen molar-refractivity contribution < 1.29 is 4.79 Å². The molecule has 0 aliphatic heterocycles. The maximum Gasteiger partial charge on any atom is 0.194 e. The van der Waals surface area contributed by atoms with Crippen LogP contribution in [0.1, 0.15) is 27.0 Å². The lowest BCUT2D eigenvalue weighted by Gasteiger charge is -2.15. The van der Waals surface area contributed by atoms with Crippen LogP contribution in [0.2, 0.25) is 0 Å². The van der Waals surface area contributed by atoms with E-state index < -0.39 is 0 Å². The molecule has 0 bridgehead atoms. The van der Waals surface area contributed by atoms with Crippen LogP contribution >= 0.6 is 0 Å². The smallest absolute Gasteiger partial charge is 0.194 e. The Morgan fingerprint density at radius 2 is 1.00 bits per heavy atom. The molecule has 1 heterocycles. The number of rotatable bonds is 3. The topological polar surface area (TPSA) is 22.0 Å². The summed E-state index contributed by atoms with van der Waals surface area (Å²) in [4.78, 5) is 13.5. The van der Waals surface area contributed by atoms with Gasteiger partial charge in [0.05, 0.1) is 16.7 Å². The average Bonchev–Trinajstić information content (AvgIpc) is 3.48. The number of para-hydroxylation sites is 1. The van der Waals surface area contributed by atoms with Crippen LogP contribution in [0.25, 0.3) is 60.9 Å². The number of nitrogens with zero attached hydrogens (tertiary/aromatic N) is 1. The number of ketones is 1. The highest BCUT2D eigenvalue weighted by atomic mass is 16.1. The summed E-state index contributed by atoms with van der Waals surface area (Å²) in [6.45, 7) is 4.31. The van der Waals surface area contributed by atoms with E-state index in [4.69, 9.17) is 0 Å². The molecule has 0 spiro atoms. The fourth-order valence-corrected chi connectivity index (χ4v) is 6.59. The van der Waals surface area contributed by atoms with Gasteiger partial charge in [-0.15, -0.1) is 0 Å². The molecule has 0 amide bonds. The van der Waals surface area contributed by atoms with Crippen molar-refractivity contribution in [3.05, 3.63) is 150 Å². The second-order valence-corrected chi connectivity index (χ2v) is 11.1. The molecular formula is C39H27NO. The molecule has 0 saturated heterocycles. The second-order valence-electron chi connectivity index (χ2n) is 11.1. The first-order valence-electron chi connectivity index (χ1n) is 14.1. The van der Waals surface area contributed by atoms with Crippen molar-refractivity contribution in [3.8, 4) is 39.1 Å². The van der Waals surface area contributed by atoms with Gasteiger partial charge in [-0.25, -0.2) is 0 Å². The summed E-state index contributed by atoms with van der Waals surface area (Å²) in [7, 11) is 0. The Balaban J connectivity index is 1.33. The highest BCUT2D eigenvalue weighted by Crippen LogP contribution is 2.43. The zero-order valence-corrected chi connectivity index (χ0v) is 23.0. The second kappa shape index (κ2) is 8.90. The molecule has 41 heavy (non-hydrogen) atoms. The number of benzene rings is 6. The van der Waals surface area contributed by atoms with Gasteiger partial charge < -0.3 is 4.57 Å². The zero-order valence-electron chi connectivity index (χ0n) is 23.0. The Hall–Kier alpha value is -5.21. The number of hydrogen-bond donors (Lipinski definition) is 0. The minimum atomic E-state index is 0.105. The molecule has 1 aliphatic rings. The minimum Gasteiger partial charge on any atom is -0.309 e. The maximum absolute atomic E-state index is 13.5. The van der Waals surface area contributed by atoms with Gasteiger partial charge in [0.1, 0.15) is 0 Å². The monoisotopic (exact) mass is 525 g/mol. The molecule has 0 fully saturated rings. The molecular weight excluding hydrogens is 498 g/mol. The lowest BCUT2D eigenvalue weighted by Crippen LogP contribution is -1.99. The third-order valence-electron chi connectivity index (χ3n) is 8.46. The van der Waals surface area contributed by atoms with Gasteiger partial charge in [-0.05, 0) is 78.1 Å². The summed E-state index contributed by atoms with van der Waals surface area (Å²) in [5, 5.41) is 2.54. The Morgan fingerprint density at radius 1 is 0.463 bits per heavy atom. The Kier molecular flexibility index (Phi) is 5.14. The molecule has 0 N–H and O–H groups in total. The van der Waals surface area contributed by atoms with Crippen molar-refractivity contribution >= 4 is 27.6 Å². The van der Waals surface area contributed by atoms with E-state index >= 15 is 0 Å². The fourth-order valence-electron chi connectivity index (χ4n) is 6.59. The van der Waals surface area contributed by atoms with Gasteiger partial charge in [-0.1, -0.05) is 102 Å². The number of aromatic nitrogens is 1. The van der Waals surface area contributed by atoms with Crippen molar-refractivity contribution in [1.82, 2.24) is 4.57 Å². The predicted molar refractivity (Wildman–Crippen MR) is 170 cm³/mol. The molecule has 7 aromatic rings. The number of hydrogen-bond acceptors (Lipinski definition) is 1. The molecule has 2 heteroatoms. The molecule has 1 aliphatic carbocycles. The van der Waals surface area contributed by atoms with Crippen LogP contribution in [0.3, 0.4) is 0 Å². The van der Waals surface area contributed by atoms with Crippen molar-refractivity contribution in [2.45, 2.75) is 13.8 Å². The number of fused-ring (bicyclic) bond motifs is 6. The average molecular weight is 526 g/mol. The summed E-state index contributed by atoms with van der Waals surface area (Å²) in [6, 6.07) is 44.8. The van der Waals surface area contributed by atoms with Crippen LogP contribution in [0, 0.1) is 13.8 Å². The van der Waals surface area contributed by atoms with Gasteiger partial charge in [0.25, 0.3) is 0 Å². The lowest BCUT2D eigenvalue weighted by molar-refractivity contribution is 0.104. The van der Waals surface area contributed by atoms with E-state index in [0.29, 0.717) is 0 Å². The summed E-state index contributed by atoms with van der Waals surface area (Å²) in [5.74, 6) is 0.105.